The molecule has 186 valence electrons. The lowest BCUT2D eigenvalue weighted by molar-refractivity contribution is 0.0331. The third kappa shape index (κ3) is 5.53. The number of morpholine rings is 1. The van der Waals surface area contributed by atoms with Crippen molar-refractivity contribution < 1.29 is 4.74 Å². The quantitative estimate of drug-likeness (QED) is 0.317. The zero-order valence-corrected chi connectivity index (χ0v) is 21.6. The number of halogens is 2. The largest absolute Gasteiger partial charge is 0.382 e. The Morgan fingerprint density at radius 3 is 2.75 bits per heavy atom. The van der Waals surface area contributed by atoms with Crippen molar-refractivity contribution in [1.82, 2.24) is 29.5 Å². The molecule has 3 aromatic heterocycles. The van der Waals surface area contributed by atoms with Crippen LogP contribution in [0.2, 0.25) is 10.0 Å². The molecule has 0 bridgehead atoms. The minimum Gasteiger partial charge on any atom is -0.382 e. The molecule has 0 atom stereocenters. The number of ether oxygens (including phenoxy) is 1. The average Bonchev–Trinajstić information content (AvgIpc) is 3.44. The molecule has 0 saturated carbocycles. The van der Waals surface area contributed by atoms with Crippen molar-refractivity contribution in [2.75, 3.05) is 43.9 Å². The van der Waals surface area contributed by atoms with Crippen LogP contribution in [0.1, 0.15) is 22.1 Å². The first-order valence-electron chi connectivity index (χ1n) is 11.4. The van der Waals surface area contributed by atoms with E-state index < -0.39 is 0 Å². The number of fused-ring (bicyclic) bond motifs is 1. The summed E-state index contributed by atoms with van der Waals surface area (Å²) in [5.41, 5.74) is 7.87. The van der Waals surface area contributed by atoms with Crippen molar-refractivity contribution in [3.63, 3.8) is 0 Å². The molecule has 1 saturated heterocycles. The topological polar surface area (TPSA) is 130 Å². The second-order valence-electron chi connectivity index (χ2n) is 8.24. The molecule has 10 nitrogen and oxygen atoms in total. The highest BCUT2D eigenvalue weighted by molar-refractivity contribution is 7.12. The minimum atomic E-state index is 0.289. The number of aromatic nitrogens is 5. The maximum atomic E-state index is 9.09. The van der Waals surface area contributed by atoms with E-state index >= 15 is 0 Å². The molecule has 1 fully saturated rings. The fourth-order valence-electron chi connectivity index (χ4n) is 3.91. The van der Waals surface area contributed by atoms with Gasteiger partial charge < -0.3 is 15.8 Å². The lowest BCUT2D eigenvalue weighted by atomic mass is 10.1. The van der Waals surface area contributed by atoms with Gasteiger partial charge in [-0.1, -0.05) is 23.2 Å². The first kappa shape index (κ1) is 24.7. The van der Waals surface area contributed by atoms with Gasteiger partial charge in [0, 0.05) is 42.7 Å². The molecule has 0 spiro atoms. The summed E-state index contributed by atoms with van der Waals surface area (Å²) in [7, 11) is 0. The Bertz CT molecular complexity index is 1430. The summed E-state index contributed by atoms with van der Waals surface area (Å²) >= 11 is 13.9. The van der Waals surface area contributed by atoms with Crippen LogP contribution in [-0.4, -0.2) is 62.3 Å². The number of hydrogen-bond acceptors (Lipinski definition) is 10. The van der Waals surface area contributed by atoms with E-state index in [0.29, 0.717) is 70.8 Å². The lowest BCUT2D eigenvalue weighted by Gasteiger charge is -2.25. The molecule has 0 unspecified atom stereocenters. The van der Waals surface area contributed by atoms with Crippen LogP contribution < -0.4 is 11.1 Å². The summed E-state index contributed by atoms with van der Waals surface area (Å²) in [5, 5.41) is 19.1. The highest BCUT2D eigenvalue weighted by Gasteiger charge is 2.17. The van der Waals surface area contributed by atoms with Gasteiger partial charge in [0.2, 0.25) is 5.95 Å². The summed E-state index contributed by atoms with van der Waals surface area (Å²) in [6.45, 7) is 4.36. The van der Waals surface area contributed by atoms with E-state index in [-0.39, 0.29) is 5.82 Å². The van der Waals surface area contributed by atoms with E-state index in [1.165, 1.54) is 11.3 Å². The van der Waals surface area contributed by atoms with Gasteiger partial charge >= 0.3 is 0 Å². The molecule has 0 amide bonds. The predicted octanol–water partition coefficient (Wildman–Crippen LogP) is 3.89. The van der Waals surface area contributed by atoms with Crippen LogP contribution in [0.15, 0.2) is 24.3 Å². The Kier molecular flexibility index (Phi) is 7.50. The third-order valence-corrected chi connectivity index (χ3v) is 7.28. The fraction of sp³-hybridized carbons (Fsp3) is 0.348. The van der Waals surface area contributed by atoms with E-state index in [4.69, 9.17) is 54.0 Å². The van der Waals surface area contributed by atoms with Crippen molar-refractivity contribution in [2.45, 2.75) is 19.4 Å². The van der Waals surface area contributed by atoms with Gasteiger partial charge in [0.25, 0.3) is 0 Å². The number of nitriles is 1. The number of thiazole rings is 1. The highest BCUT2D eigenvalue weighted by atomic mass is 35.5. The van der Waals surface area contributed by atoms with Crippen LogP contribution in [0.5, 0.6) is 0 Å². The Morgan fingerprint density at radius 1 is 1.17 bits per heavy atom. The van der Waals surface area contributed by atoms with E-state index in [9.17, 15) is 0 Å². The summed E-state index contributed by atoms with van der Waals surface area (Å²) in [6, 6.07) is 9.27. The van der Waals surface area contributed by atoms with Crippen molar-refractivity contribution in [2.24, 2.45) is 0 Å². The van der Waals surface area contributed by atoms with Crippen LogP contribution in [0, 0.1) is 11.3 Å². The van der Waals surface area contributed by atoms with Crippen molar-refractivity contribution in [3.05, 3.63) is 50.0 Å². The number of benzene rings is 1. The lowest BCUT2D eigenvalue weighted by Crippen LogP contribution is -2.35. The van der Waals surface area contributed by atoms with Gasteiger partial charge in [-0.3, -0.25) is 4.90 Å². The van der Waals surface area contributed by atoms with Gasteiger partial charge in [-0.15, -0.1) is 16.4 Å². The van der Waals surface area contributed by atoms with E-state index in [1.54, 1.807) is 16.6 Å². The Morgan fingerprint density at radius 2 is 2.00 bits per heavy atom. The molecular formula is C23H23Cl2N9OS. The van der Waals surface area contributed by atoms with E-state index in [1.807, 2.05) is 12.1 Å². The molecule has 1 aliphatic heterocycles. The maximum Gasteiger partial charge on any atom is 0.226 e. The van der Waals surface area contributed by atoms with Gasteiger partial charge in [0.1, 0.15) is 10.9 Å². The molecule has 3 N–H and O–H groups in total. The van der Waals surface area contributed by atoms with Crippen molar-refractivity contribution in [1.29, 1.82) is 5.26 Å². The predicted molar refractivity (Wildman–Crippen MR) is 140 cm³/mol. The van der Waals surface area contributed by atoms with Crippen LogP contribution in [-0.2, 0) is 17.7 Å². The molecule has 4 aromatic rings. The molecule has 0 aliphatic carbocycles. The molecule has 36 heavy (non-hydrogen) atoms. The zero-order valence-electron chi connectivity index (χ0n) is 19.2. The Labute approximate surface area is 221 Å². The molecule has 13 heteroatoms. The van der Waals surface area contributed by atoms with Gasteiger partial charge in [-0.05, 0) is 24.6 Å². The number of nitrogens with two attached hydrogens (primary N) is 1. The number of nitrogen functional groups attached to an aromatic ring is 1. The number of anilines is 2. The van der Waals surface area contributed by atoms with Gasteiger partial charge in [0.15, 0.2) is 17.3 Å². The second kappa shape index (κ2) is 10.9. The third-order valence-electron chi connectivity index (χ3n) is 5.69. The normalized spacial score (nSPS) is 14.2. The maximum absolute atomic E-state index is 9.09. The summed E-state index contributed by atoms with van der Waals surface area (Å²) < 4.78 is 7.17. The molecular weight excluding hydrogens is 521 g/mol. The smallest absolute Gasteiger partial charge is 0.226 e. The minimum absolute atomic E-state index is 0.289. The highest BCUT2D eigenvalue weighted by Crippen LogP contribution is 2.30. The van der Waals surface area contributed by atoms with Crippen LogP contribution in [0.4, 0.5) is 11.8 Å². The summed E-state index contributed by atoms with van der Waals surface area (Å²) in [6.07, 6.45) is 1.46. The van der Waals surface area contributed by atoms with E-state index in [0.717, 1.165) is 30.1 Å². The average molecular weight is 544 g/mol. The first-order valence-corrected chi connectivity index (χ1v) is 13.0. The molecule has 4 heterocycles. The van der Waals surface area contributed by atoms with Gasteiger partial charge in [-0.2, -0.15) is 9.78 Å². The van der Waals surface area contributed by atoms with Crippen molar-refractivity contribution >= 4 is 52.0 Å². The Balaban J connectivity index is 1.39. The van der Waals surface area contributed by atoms with Crippen LogP contribution >= 0.6 is 34.5 Å². The summed E-state index contributed by atoms with van der Waals surface area (Å²) in [4.78, 5) is 16.6. The van der Waals surface area contributed by atoms with Crippen LogP contribution in [0.25, 0.3) is 16.9 Å². The molecule has 0 radical (unpaired) electrons. The zero-order chi connectivity index (χ0) is 25.1. The molecule has 1 aromatic carbocycles. The fourth-order valence-corrected chi connectivity index (χ4v) is 5.24. The van der Waals surface area contributed by atoms with Crippen molar-refractivity contribution in [3.8, 4) is 17.3 Å². The molecule has 1 aliphatic rings. The SMILES string of the molecule is N#Cc1sc(CCCNc2nc(-c3ccc(Cl)cc3Cl)cc3nc(CN4CCOCC4)nn23)nc1N. The van der Waals surface area contributed by atoms with Crippen LogP contribution in [0.3, 0.4) is 0 Å². The monoisotopic (exact) mass is 543 g/mol. The standard InChI is InChI=1S/C23H23Cl2N9OS/c24-14-3-4-15(16(25)10-14)17-11-20-30-19(13-33-6-8-35-9-7-33)32-34(20)23(29-17)28-5-1-2-21-31-22(27)18(12-26)36-21/h3-4,10-11H,1-2,5-9,13,27H2,(H,28,29). The second-order valence-corrected chi connectivity index (χ2v) is 10.2. The van der Waals surface area contributed by atoms with Gasteiger partial charge in [-0.25, -0.2) is 15.0 Å². The van der Waals surface area contributed by atoms with Gasteiger partial charge in [0.05, 0.1) is 35.5 Å². The number of aryl methyl sites for hydroxylation is 1. The van der Waals surface area contributed by atoms with E-state index in [2.05, 4.69) is 21.3 Å². The number of nitrogens with one attached hydrogen (secondary N) is 1. The Hall–Kier alpha value is -3.01. The number of hydrogen-bond donors (Lipinski definition) is 2. The first-order chi connectivity index (χ1) is 17.5. The number of nitrogens with zero attached hydrogens (tertiary/aromatic N) is 7. The molecule has 5 rings (SSSR count). The summed E-state index contributed by atoms with van der Waals surface area (Å²) in [5.74, 6) is 1.56. The number of rotatable bonds is 8.